The van der Waals surface area contributed by atoms with Crippen molar-refractivity contribution in [2.75, 3.05) is 0 Å². The highest BCUT2D eigenvalue weighted by Gasteiger charge is 2.19. The Labute approximate surface area is 84.6 Å². The van der Waals surface area contributed by atoms with Gasteiger partial charge >= 0.3 is 0 Å². The van der Waals surface area contributed by atoms with Gasteiger partial charge in [-0.1, -0.05) is 30.3 Å². The minimum absolute atomic E-state index is 0.588. The first-order valence-corrected chi connectivity index (χ1v) is 4.62. The summed E-state index contributed by atoms with van der Waals surface area (Å²) in [5.74, 6) is 0. The standard InChI is InChI=1S/C11H16NO2/c1-11(2,3)12(14)10(13)9-7-5-4-6-8-9/h4-8,10,13H,1-3H3/q-1. The molecule has 1 rings (SSSR count). The zero-order valence-electron chi connectivity index (χ0n) is 8.77. The first-order chi connectivity index (χ1) is 6.43. The first-order valence-electron chi connectivity index (χ1n) is 4.62. The van der Waals surface area contributed by atoms with Gasteiger partial charge in [-0.15, -0.1) is 0 Å². The molecule has 0 saturated heterocycles. The number of aliphatic hydroxyl groups is 1. The van der Waals surface area contributed by atoms with E-state index in [1.54, 1.807) is 45.0 Å². The van der Waals surface area contributed by atoms with Gasteiger partial charge in [0.1, 0.15) is 6.23 Å². The molecule has 0 radical (unpaired) electrons. The van der Waals surface area contributed by atoms with Crippen molar-refractivity contribution in [2.24, 2.45) is 0 Å². The SMILES string of the molecule is CC(C)(C)N([O-])C(O)c1ccccc1. The monoisotopic (exact) mass is 194 g/mol. The second-order valence-corrected chi connectivity index (χ2v) is 4.28. The highest BCUT2D eigenvalue weighted by molar-refractivity contribution is 5.17. The van der Waals surface area contributed by atoms with Crippen LogP contribution in [-0.2, 0) is 0 Å². The molecule has 1 unspecified atom stereocenters. The molecule has 1 aromatic carbocycles. The molecule has 1 aromatic rings. The van der Waals surface area contributed by atoms with Crippen molar-refractivity contribution in [2.45, 2.75) is 32.5 Å². The van der Waals surface area contributed by atoms with E-state index in [-0.39, 0.29) is 0 Å². The Balaban J connectivity index is 2.81. The van der Waals surface area contributed by atoms with Crippen LogP contribution in [0.4, 0.5) is 0 Å². The Hall–Kier alpha value is -0.900. The first kappa shape index (κ1) is 11.2. The van der Waals surface area contributed by atoms with Crippen molar-refractivity contribution in [1.29, 1.82) is 0 Å². The summed E-state index contributed by atoms with van der Waals surface area (Å²) < 4.78 is 0. The molecule has 3 heteroatoms. The minimum Gasteiger partial charge on any atom is -0.783 e. The minimum atomic E-state index is -1.09. The number of hydrogen-bond donors (Lipinski definition) is 1. The molecule has 0 aliphatic carbocycles. The summed E-state index contributed by atoms with van der Waals surface area (Å²) in [7, 11) is 0. The smallest absolute Gasteiger partial charge is 0.122 e. The Morgan fingerprint density at radius 1 is 1.21 bits per heavy atom. The van der Waals surface area contributed by atoms with Crippen LogP contribution in [0.3, 0.4) is 0 Å². The van der Waals surface area contributed by atoms with Crippen LogP contribution in [-0.4, -0.2) is 15.7 Å². The molecular weight excluding hydrogens is 178 g/mol. The van der Waals surface area contributed by atoms with Gasteiger partial charge in [-0.25, -0.2) is 0 Å². The molecule has 0 fully saturated rings. The third-order valence-electron chi connectivity index (χ3n) is 1.98. The van der Waals surface area contributed by atoms with Gasteiger partial charge in [0.2, 0.25) is 0 Å². The molecular formula is C11H16NO2-. The molecule has 0 heterocycles. The van der Waals surface area contributed by atoms with E-state index in [1.807, 2.05) is 6.07 Å². The van der Waals surface area contributed by atoms with Crippen LogP contribution in [0, 0.1) is 5.21 Å². The van der Waals surface area contributed by atoms with Crippen LogP contribution in [0.15, 0.2) is 30.3 Å². The topological polar surface area (TPSA) is 46.5 Å². The fourth-order valence-electron chi connectivity index (χ4n) is 1.13. The fraction of sp³-hybridized carbons (Fsp3) is 0.455. The maximum atomic E-state index is 11.6. The van der Waals surface area contributed by atoms with Crippen molar-refractivity contribution < 1.29 is 5.11 Å². The van der Waals surface area contributed by atoms with Crippen LogP contribution >= 0.6 is 0 Å². The van der Waals surface area contributed by atoms with Crippen molar-refractivity contribution in [3.05, 3.63) is 41.1 Å². The summed E-state index contributed by atoms with van der Waals surface area (Å²) >= 11 is 0. The summed E-state index contributed by atoms with van der Waals surface area (Å²) in [6.07, 6.45) is -1.09. The quantitative estimate of drug-likeness (QED) is 0.580. The fourth-order valence-corrected chi connectivity index (χ4v) is 1.13. The maximum absolute atomic E-state index is 11.6. The van der Waals surface area contributed by atoms with Crippen molar-refractivity contribution in [3.8, 4) is 0 Å². The van der Waals surface area contributed by atoms with Gasteiger partial charge in [0, 0.05) is 5.54 Å². The van der Waals surface area contributed by atoms with E-state index in [1.165, 1.54) is 0 Å². The predicted molar refractivity (Wildman–Crippen MR) is 56.4 cm³/mol. The second-order valence-electron chi connectivity index (χ2n) is 4.28. The Kier molecular flexibility index (Phi) is 3.26. The van der Waals surface area contributed by atoms with Crippen LogP contribution in [0.25, 0.3) is 0 Å². The largest absolute Gasteiger partial charge is 0.783 e. The molecule has 14 heavy (non-hydrogen) atoms. The number of nitrogens with zero attached hydrogens (tertiary/aromatic N) is 1. The third kappa shape index (κ3) is 2.54. The molecule has 0 spiro atoms. The van der Waals surface area contributed by atoms with E-state index in [9.17, 15) is 10.3 Å². The van der Waals surface area contributed by atoms with Crippen molar-refractivity contribution >= 4 is 0 Å². The molecule has 3 nitrogen and oxygen atoms in total. The molecule has 1 atom stereocenters. The van der Waals surface area contributed by atoms with E-state index in [0.717, 1.165) is 0 Å². The van der Waals surface area contributed by atoms with Gasteiger partial charge in [-0.2, -0.15) is 0 Å². The average Bonchev–Trinajstić information content (AvgIpc) is 2.15. The van der Waals surface area contributed by atoms with E-state index < -0.39 is 11.8 Å². The van der Waals surface area contributed by atoms with Crippen LogP contribution in [0.5, 0.6) is 0 Å². The number of hydroxylamine groups is 2. The summed E-state index contributed by atoms with van der Waals surface area (Å²) in [6, 6.07) is 8.93. The molecule has 0 aliphatic rings. The number of aliphatic hydroxyl groups excluding tert-OH is 1. The van der Waals surface area contributed by atoms with Crippen molar-refractivity contribution in [1.82, 2.24) is 5.06 Å². The lowest BCUT2D eigenvalue weighted by Crippen LogP contribution is -2.39. The van der Waals surface area contributed by atoms with Crippen molar-refractivity contribution in [3.63, 3.8) is 0 Å². The zero-order valence-corrected chi connectivity index (χ0v) is 8.77. The van der Waals surface area contributed by atoms with E-state index in [0.29, 0.717) is 10.6 Å². The van der Waals surface area contributed by atoms with Gasteiger partial charge in [0.05, 0.1) is 0 Å². The summed E-state index contributed by atoms with van der Waals surface area (Å²) in [6.45, 7) is 5.31. The summed E-state index contributed by atoms with van der Waals surface area (Å²) in [5, 5.41) is 22.1. The van der Waals surface area contributed by atoms with Gasteiger partial charge in [-0.3, -0.25) is 0 Å². The highest BCUT2D eigenvalue weighted by atomic mass is 16.5. The number of rotatable bonds is 2. The van der Waals surface area contributed by atoms with Gasteiger partial charge in [0.15, 0.2) is 0 Å². The van der Waals surface area contributed by atoms with E-state index >= 15 is 0 Å². The third-order valence-corrected chi connectivity index (χ3v) is 1.98. The molecule has 0 bridgehead atoms. The molecule has 0 amide bonds. The van der Waals surface area contributed by atoms with Crippen LogP contribution in [0.2, 0.25) is 0 Å². The molecule has 78 valence electrons. The average molecular weight is 194 g/mol. The highest BCUT2D eigenvalue weighted by Crippen LogP contribution is 2.24. The molecule has 0 saturated carbocycles. The normalized spacial score (nSPS) is 14.4. The molecule has 0 aromatic heterocycles. The lowest BCUT2D eigenvalue weighted by molar-refractivity contribution is -0.0161. The van der Waals surface area contributed by atoms with E-state index in [2.05, 4.69) is 0 Å². The molecule has 0 aliphatic heterocycles. The lowest BCUT2D eigenvalue weighted by atomic mass is 10.1. The lowest BCUT2D eigenvalue weighted by Gasteiger charge is -2.44. The summed E-state index contributed by atoms with van der Waals surface area (Å²) in [5.41, 5.74) is 0.0346. The maximum Gasteiger partial charge on any atom is 0.122 e. The van der Waals surface area contributed by atoms with E-state index in [4.69, 9.17) is 0 Å². The van der Waals surface area contributed by atoms with Gasteiger partial charge < -0.3 is 15.4 Å². The Bertz CT molecular complexity index is 279. The number of hydrogen-bond acceptors (Lipinski definition) is 3. The van der Waals surface area contributed by atoms with Crippen LogP contribution < -0.4 is 0 Å². The van der Waals surface area contributed by atoms with Crippen LogP contribution in [0.1, 0.15) is 32.6 Å². The second kappa shape index (κ2) is 4.09. The van der Waals surface area contributed by atoms with Gasteiger partial charge in [0.25, 0.3) is 0 Å². The zero-order chi connectivity index (χ0) is 10.8. The Morgan fingerprint density at radius 3 is 2.14 bits per heavy atom. The summed E-state index contributed by atoms with van der Waals surface area (Å²) in [4.78, 5) is 0. The predicted octanol–water partition coefficient (Wildman–Crippen LogP) is 2.28. The Morgan fingerprint density at radius 2 is 1.71 bits per heavy atom. The number of benzene rings is 1. The molecule has 1 N–H and O–H groups in total. The van der Waals surface area contributed by atoms with Gasteiger partial charge in [-0.05, 0) is 26.3 Å².